The minimum Gasteiger partial charge on any atom is -0.497 e. The first-order chi connectivity index (χ1) is 8.85. The monoisotopic (exact) mass is 245 g/mol. The van der Waals surface area contributed by atoms with Gasteiger partial charge in [0.25, 0.3) is 0 Å². The molecule has 3 rings (SSSR count). The van der Waals surface area contributed by atoms with Crippen LogP contribution in [0.5, 0.6) is 5.75 Å². The lowest BCUT2D eigenvalue weighted by Gasteiger charge is -2.48. The number of benzene rings is 1. The van der Waals surface area contributed by atoms with Crippen LogP contribution in [0, 0.1) is 5.92 Å². The minimum atomic E-state index is 0.415. The van der Waals surface area contributed by atoms with Gasteiger partial charge in [-0.3, -0.25) is 0 Å². The predicted molar refractivity (Wildman–Crippen MR) is 74.1 cm³/mol. The van der Waals surface area contributed by atoms with E-state index in [1.807, 2.05) is 0 Å². The van der Waals surface area contributed by atoms with Crippen LogP contribution < -0.4 is 10.1 Å². The average molecular weight is 245 g/mol. The number of ether oxygens (including phenoxy) is 1. The molecule has 0 amide bonds. The van der Waals surface area contributed by atoms with Crippen LogP contribution >= 0.6 is 0 Å². The van der Waals surface area contributed by atoms with Gasteiger partial charge in [-0.05, 0) is 56.0 Å². The van der Waals surface area contributed by atoms with E-state index in [2.05, 4.69) is 29.6 Å². The van der Waals surface area contributed by atoms with Gasteiger partial charge in [0.05, 0.1) is 7.11 Å². The summed E-state index contributed by atoms with van der Waals surface area (Å²) in [5.74, 6) is 1.82. The third-order valence-corrected chi connectivity index (χ3v) is 4.99. The molecule has 0 bridgehead atoms. The molecule has 98 valence electrons. The van der Waals surface area contributed by atoms with E-state index >= 15 is 0 Å². The summed E-state index contributed by atoms with van der Waals surface area (Å²) < 4.78 is 5.41. The molecule has 1 N–H and O–H groups in total. The van der Waals surface area contributed by atoms with E-state index in [1.54, 1.807) is 7.11 Å². The maximum atomic E-state index is 5.41. The van der Waals surface area contributed by atoms with Crippen LogP contribution in [0.2, 0.25) is 0 Å². The molecular weight excluding hydrogens is 222 g/mol. The van der Waals surface area contributed by atoms with Gasteiger partial charge in [0.15, 0.2) is 0 Å². The van der Waals surface area contributed by atoms with Gasteiger partial charge in [-0.15, -0.1) is 0 Å². The molecule has 1 saturated heterocycles. The Morgan fingerprint density at radius 1 is 1.28 bits per heavy atom. The maximum Gasteiger partial charge on any atom is 0.119 e. The van der Waals surface area contributed by atoms with Crippen LogP contribution in [-0.4, -0.2) is 20.2 Å². The van der Waals surface area contributed by atoms with E-state index in [9.17, 15) is 0 Å². The number of hydrogen-bond donors (Lipinski definition) is 1. The highest BCUT2D eigenvalue weighted by Crippen LogP contribution is 2.47. The van der Waals surface area contributed by atoms with Gasteiger partial charge in [-0.1, -0.05) is 25.0 Å². The molecule has 1 aliphatic heterocycles. The molecule has 1 aliphatic carbocycles. The Kier molecular flexibility index (Phi) is 3.29. The van der Waals surface area contributed by atoms with E-state index < -0.39 is 0 Å². The van der Waals surface area contributed by atoms with Crippen molar-refractivity contribution in [1.82, 2.24) is 5.32 Å². The first kappa shape index (κ1) is 12.0. The molecule has 1 heterocycles. The molecule has 1 aromatic rings. The molecule has 2 atom stereocenters. The molecule has 0 spiro atoms. The van der Waals surface area contributed by atoms with Crippen molar-refractivity contribution in [2.24, 2.45) is 5.92 Å². The van der Waals surface area contributed by atoms with Crippen molar-refractivity contribution in [3.05, 3.63) is 29.8 Å². The Labute approximate surface area is 110 Å². The highest BCUT2D eigenvalue weighted by Gasteiger charge is 2.43. The smallest absolute Gasteiger partial charge is 0.119 e. The molecule has 18 heavy (non-hydrogen) atoms. The van der Waals surface area contributed by atoms with Gasteiger partial charge in [0.2, 0.25) is 0 Å². The van der Waals surface area contributed by atoms with Crippen LogP contribution in [0.25, 0.3) is 0 Å². The summed E-state index contributed by atoms with van der Waals surface area (Å²) in [7, 11) is 1.76. The van der Waals surface area contributed by atoms with E-state index in [-0.39, 0.29) is 0 Å². The first-order valence-electron chi connectivity index (χ1n) is 7.20. The van der Waals surface area contributed by atoms with E-state index in [1.165, 1.54) is 44.2 Å². The number of nitrogens with one attached hydrogen (secondary N) is 1. The Bertz CT molecular complexity index is 403. The Balaban J connectivity index is 1.98. The summed E-state index contributed by atoms with van der Waals surface area (Å²) in [6.07, 6.45) is 6.80. The SMILES string of the molecule is COc1cccc(C23CCCC[C@@H]2CNCC3)c1. The largest absolute Gasteiger partial charge is 0.497 e. The fourth-order valence-electron chi connectivity index (χ4n) is 3.98. The van der Waals surface area contributed by atoms with E-state index in [4.69, 9.17) is 4.74 Å². The Morgan fingerprint density at radius 3 is 3.11 bits per heavy atom. The van der Waals surface area contributed by atoms with Crippen LogP contribution in [0.1, 0.15) is 37.7 Å². The zero-order valence-corrected chi connectivity index (χ0v) is 11.2. The standard InChI is InChI=1S/C16H23NO/c1-18-15-7-4-6-13(11-15)16-8-3-2-5-14(16)12-17-10-9-16/h4,6-7,11,14,17H,2-3,5,8-10,12H2,1H3/t14-,16?/m1/s1. The second-order valence-corrected chi connectivity index (χ2v) is 5.78. The fraction of sp³-hybridized carbons (Fsp3) is 0.625. The summed E-state index contributed by atoms with van der Waals surface area (Å²) in [5, 5.41) is 3.58. The first-order valence-corrected chi connectivity index (χ1v) is 7.20. The number of fused-ring (bicyclic) bond motifs is 1. The van der Waals surface area contributed by atoms with Crippen molar-refractivity contribution >= 4 is 0 Å². The van der Waals surface area contributed by atoms with Crippen molar-refractivity contribution in [3.63, 3.8) is 0 Å². The van der Waals surface area contributed by atoms with Crippen molar-refractivity contribution < 1.29 is 4.74 Å². The summed E-state index contributed by atoms with van der Waals surface area (Å²) in [4.78, 5) is 0. The Hall–Kier alpha value is -1.02. The number of piperidine rings is 1. The normalized spacial score (nSPS) is 31.7. The van der Waals surface area contributed by atoms with Gasteiger partial charge in [-0.2, -0.15) is 0 Å². The van der Waals surface area contributed by atoms with Crippen LogP contribution in [0.15, 0.2) is 24.3 Å². The lowest BCUT2D eigenvalue weighted by atomic mass is 9.59. The molecule has 1 unspecified atom stereocenters. The molecule has 2 fully saturated rings. The Morgan fingerprint density at radius 2 is 2.22 bits per heavy atom. The van der Waals surface area contributed by atoms with Gasteiger partial charge in [-0.25, -0.2) is 0 Å². The number of methoxy groups -OCH3 is 1. The topological polar surface area (TPSA) is 21.3 Å². The molecule has 0 aromatic heterocycles. The lowest BCUT2D eigenvalue weighted by molar-refractivity contribution is 0.137. The van der Waals surface area contributed by atoms with Crippen LogP contribution in [0.4, 0.5) is 0 Å². The molecule has 2 nitrogen and oxygen atoms in total. The van der Waals surface area contributed by atoms with Gasteiger partial charge in [0.1, 0.15) is 5.75 Å². The highest BCUT2D eigenvalue weighted by molar-refractivity contribution is 5.35. The van der Waals surface area contributed by atoms with Gasteiger partial charge >= 0.3 is 0 Å². The molecule has 1 aromatic carbocycles. The zero-order valence-electron chi connectivity index (χ0n) is 11.2. The van der Waals surface area contributed by atoms with E-state index in [0.29, 0.717) is 5.41 Å². The van der Waals surface area contributed by atoms with Gasteiger partial charge < -0.3 is 10.1 Å². The highest BCUT2D eigenvalue weighted by atomic mass is 16.5. The summed E-state index contributed by atoms with van der Waals surface area (Å²) in [6, 6.07) is 8.78. The summed E-state index contributed by atoms with van der Waals surface area (Å²) >= 11 is 0. The zero-order chi connectivity index (χ0) is 12.4. The molecule has 2 heteroatoms. The quantitative estimate of drug-likeness (QED) is 0.864. The second kappa shape index (κ2) is 4.93. The molecular formula is C16H23NO. The van der Waals surface area contributed by atoms with Crippen molar-refractivity contribution in [1.29, 1.82) is 0 Å². The van der Waals surface area contributed by atoms with Crippen molar-refractivity contribution in [3.8, 4) is 5.75 Å². The molecule has 1 saturated carbocycles. The van der Waals surface area contributed by atoms with E-state index in [0.717, 1.165) is 18.2 Å². The average Bonchev–Trinajstić information content (AvgIpc) is 2.47. The third-order valence-electron chi connectivity index (χ3n) is 4.99. The molecule has 2 aliphatic rings. The van der Waals surface area contributed by atoms with Crippen LogP contribution in [0.3, 0.4) is 0 Å². The summed E-state index contributed by atoms with van der Waals surface area (Å²) in [6.45, 7) is 2.35. The summed E-state index contributed by atoms with van der Waals surface area (Å²) in [5.41, 5.74) is 1.92. The van der Waals surface area contributed by atoms with Crippen LogP contribution in [-0.2, 0) is 5.41 Å². The molecule has 0 radical (unpaired) electrons. The van der Waals surface area contributed by atoms with Crippen molar-refractivity contribution in [2.75, 3.05) is 20.2 Å². The predicted octanol–water partition coefficient (Wildman–Crippen LogP) is 3.12. The number of rotatable bonds is 2. The number of hydrogen-bond acceptors (Lipinski definition) is 2. The fourth-order valence-corrected chi connectivity index (χ4v) is 3.98. The van der Waals surface area contributed by atoms with Crippen molar-refractivity contribution in [2.45, 2.75) is 37.5 Å². The van der Waals surface area contributed by atoms with Gasteiger partial charge in [0, 0.05) is 5.41 Å². The third kappa shape index (κ3) is 1.93. The lowest BCUT2D eigenvalue weighted by Crippen LogP contribution is -2.49. The minimum absolute atomic E-state index is 0.415. The second-order valence-electron chi connectivity index (χ2n) is 5.78. The maximum absolute atomic E-state index is 5.41.